The average Bonchev–Trinajstić information content (AvgIpc) is 2.41. The Labute approximate surface area is 116 Å². The van der Waals surface area contributed by atoms with E-state index in [9.17, 15) is 9.50 Å². The molecule has 1 atom stereocenters. The number of benzene rings is 2. The lowest BCUT2D eigenvalue weighted by Gasteiger charge is -2.15. The molecule has 0 radical (unpaired) electrons. The molecule has 2 aromatic carbocycles. The van der Waals surface area contributed by atoms with Gasteiger partial charge in [0.15, 0.2) is 0 Å². The smallest absolute Gasteiger partial charge is 0.146 e. The van der Waals surface area contributed by atoms with Crippen LogP contribution in [0.4, 0.5) is 4.39 Å². The highest BCUT2D eigenvalue weighted by Gasteiger charge is 2.13. The Balaban J connectivity index is 2.33. The Morgan fingerprint density at radius 3 is 2.63 bits per heavy atom. The summed E-state index contributed by atoms with van der Waals surface area (Å²) in [7, 11) is 0. The standard InChI is InChI=1S/C15H14ClFO2/c1-2-13(18)11-5-3-4-6-14(11)19-15-8-7-10(17)9-12(15)16/h3-9,13,18H,2H2,1H3/t13-/m1/s1. The van der Waals surface area contributed by atoms with Crippen LogP contribution >= 0.6 is 11.6 Å². The van der Waals surface area contributed by atoms with E-state index in [0.717, 1.165) is 0 Å². The molecule has 4 heteroatoms. The minimum atomic E-state index is -0.601. The maximum Gasteiger partial charge on any atom is 0.146 e. The molecular weight excluding hydrogens is 267 g/mol. The van der Waals surface area contributed by atoms with Crippen molar-refractivity contribution in [3.63, 3.8) is 0 Å². The second-order valence-electron chi connectivity index (χ2n) is 4.14. The maximum absolute atomic E-state index is 13.0. The first kappa shape index (κ1) is 13.8. The van der Waals surface area contributed by atoms with Gasteiger partial charge in [0.05, 0.1) is 11.1 Å². The lowest BCUT2D eigenvalue weighted by Crippen LogP contribution is -1.98. The van der Waals surface area contributed by atoms with Crippen LogP contribution in [0.5, 0.6) is 11.5 Å². The number of ether oxygens (including phenoxy) is 1. The first-order valence-electron chi connectivity index (χ1n) is 6.01. The van der Waals surface area contributed by atoms with E-state index in [4.69, 9.17) is 16.3 Å². The van der Waals surface area contributed by atoms with Crippen molar-refractivity contribution in [2.24, 2.45) is 0 Å². The first-order valence-corrected chi connectivity index (χ1v) is 6.39. The lowest BCUT2D eigenvalue weighted by molar-refractivity contribution is 0.170. The molecule has 100 valence electrons. The van der Waals surface area contributed by atoms with E-state index in [-0.39, 0.29) is 5.02 Å². The van der Waals surface area contributed by atoms with Gasteiger partial charge < -0.3 is 9.84 Å². The van der Waals surface area contributed by atoms with Crippen molar-refractivity contribution in [3.8, 4) is 11.5 Å². The molecule has 0 heterocycles. The van der Waals surface area contributed by atoms with Crippen molar-refractivity contribution < 1.29 is 14.2 Å². The third kappa shape index (κ3) is 3.25. The number of aliphatic hydroxyl groups excluding tert-OH is 1. The van der Waals surface area contributed by atoms with E-state index in [1.807, 2.05) is 13.0 Å². The van der Waals surface area contributed by atoms with Crippen LogP contribution in [0.15, 0.2) is 42.5 Å². The highest BCUT2D eigenvalue weighted by Crippen LogP contribution is 2.34. The van der Waals surface area contributed by atoms with Crippen molar-refractivity contribution in [2.75, 3.05) is 0 Å². The molecule has 19 heavy (non-hydrogen) atoms. The largest absolute Gasteiger partial charge is 0.455 e. The monoisotopic (exact) mass is 280 g/mol. The fourth-order valence-corrected chi connectivity index (χ4v) is 1.95. The van der Waals surface area contributed by atoms with Gasteiger partial charge in [0.2, 0.25) is 0 Å². The number of para-hydroxylation sites is 1. The van der Waals surface area contributed by atoms with E-state index in [2.05, 4.69) is 0 Å². The van der Waals surface area contributed by atoms with Crippen molar-refractivity contribution in [1.29, 1.82) is 0 Å². The normalized spacial score (nSPS) is 12.2. The van der Waals surface area contributed by atoms with Gasteiger partial charge in [0.25, 0.3) is 0 Å². The summed E-state index contributed by atoms with van der Waals surface area (Å²) >= 11 is 5.92. The van der Waals surface area contributed by atoms with Gasteiger partial charge >= 0.3 is 0 Å². The molecule has 0 aliphatic rings. The zero-order valence-electron chi connectivity index (χ0n) is 10.4. The Morgan fingerprint density at radius 2 is 1.95 bits per heavy atom. The van der Waals surface area contributed by atoms with Crippen LogP contribution in [-0.4, -0.2) is 5.11 Å². The molecule has 0 amide bonds. The van der Waals surface area contributed by atoms with Crippen LogP contribution < -0.4 is 4.74 Å². The predicted molar refractivity (Wildman–Crippen MR) is 73.2 cm³/mol. The van der Waals surface area contributed by atoms with Crippen LogP contribution in [0, 0.1) is 5.82 Å². The van der Waals surface area contributed by atoms with Crippen LogP contribution in [0.3, 0.4) is 0 Å². The van der Waals surface area contributed by atoms with Crippen molar-refractivity contribution in [1.82, 2.24) is 0 Å². The third-order valence-corrected chi connectivity index (χ3v) is 3.07. The summed E-state index contributed by atoms with van der Waals surface area (Å²) in [5, 5.41) is 10.1. The summed E-state index contributed by atoms with van der Waals surface area (Å²) in [6.45, 7) is 1.88. The van der Waals surface area contributed by atoms with Crippen LogP contribution in [0.1, 0.15) is 25.0 Å². The topological polar surface area (TPSA) is 29.5 Å². The van der Waals surface area contributed by atoms with E-state index in [1.54, 1.807) is 18.2 Å². The van der Waals surface area contributed by atoms with Gasteiger partial charge in [-0.2, -0.15) is 0 Å². The molecule has 0 spiro atoms. The number of aliphatic hydroxyl groups is 1. The highest BCUT2D eigenvalue weighted by molar-refractivity contribution is 6.32. The summed E-state index contributed by atoms with van der Waals surface area (Å²) in [6.07, 6.45) is -0.0206. The predicted octanol–water partition coefficient (Wildman–Crippen LogP) is 4.71. The molecular formula is C15H14ClFO2. The van der Waals surface area contributed by atoms with Crippen LogP contribution in [0.25, 0.3) is 0 Å². The van der Waals surface area contributed by atoms with Gasteiger partial charge in [-0.25, -0.2) is 4.39 Å². The average molecular weight is 281 g/mol. The van der Waals surface area contributed by atoms with Gasteiger partial charge in [-0.15, -0.1) is 0 Å². The lowest BCUT2D eigenvalue weighted by atomic mass is 10.1. The summed E-state index contributed by atoms with van der Waals surface area (Å²) in [6, 6.07) is 11.1. The molecule has 0 unspecified atom stereocenters. The van der Waals surface area contributed by atoms with Crippen molar-refractivity contribution in [2.45, 2.75) is 19.4 Å². The fraction of sp³-hybridized carbons (Fsp3) is 0.200. The highest BCUT2D eigenvalue weighted by atomic mass is 35.5. The summed E-state index contributed by atoms with van der Waals surface area (Å²) in [5.74, 6) is 0.461. The molecule has 0 aliphatic heterocycles. The van der Waals surface area contributed by atoms with E-state index in [1.165, 1.54) is 18.2 Å². The van der Waals surface area contributed by atoms with Gasteiger partial charge in [0, 0.05) is 5.56 Å². The second-order valence-corrected chi connectivity index (χ2v) is 4.55. The molecule has 0 saturated carbocycles. The molecule has 1 N–H and O–H groups in total. The molecule has 0 bridgehead atoms. The molecule has 0 fully saturated rings. The van der Waals surface area contributed by atoms with Gasteiger partial charge in [-0.1, -0.05) is 36.7 Å². The van der Waals surface area contributed by atoms with Crippen molar-refractivity contribution >= 4 is 11.6 Å². The molecule has 2 nitrogen and oxygen atoms in total. The molecule has 0 aromatic heterocycles. The summed E-state index contributed by atoms with van der Waals surface area (Å²) in [4.78, 5) is 0. The molecule has 0 aliphatic carbocycles. The van der Waals surface area contributed by atoms with Crippen LogP contribution in [0.2, 0.25) is 5.02 Å². The molecule has 0 saturated heterocycles. The van der Waals surface area contributed by atoms with Gasteiger partial charge in [0.1, 0.15) is 17.3 Å². The van der Waals surface area contributed by atoms with E-state index < -0.39 is 11.9 Å². The minimum absolute atomic E-state index is 0.195. The SMILES string of the molecule is CC[C@@H](O)c1ccccc1Oc1ccc(F)cc1Cl. The number of hydrogen-bond acceptors (Lipinski definition) is 2. The van der Waals surface area contributed by atoms with Crippen LogP contribution in [-0.2, 0) is 0 Å². The summed E-state index contributed by atoms with van der Waals surface area (Å²) < 4.78 is 18.6. The Kier molecular flexibility index (Phi) is 4.40. The number of hydrogen-bond donors (Lipinski definition) is 1. The summed E-state index contributed by atoms with van der Waals surface area (Å²) in [5.41, 5.74) is 0.686. The van der Waals surface area contributed by atoms with Gasteiger partial charge in [-0.3, -0.25) is 0 Å². The number of rotatable bonds is 4. The zero-order valence-corrected chi connectivity index (χ0v) is 11.2. The maximum atomic E-state index is 13.0. The number of halogens is 2. The van der Waals surface area contributed by atoms with E-state index >= 15 is 0 Å². The van der Waals surface area contributed by atoms with Crippen molar-refractivity contribution in [3.05, 3.63) is 58.9 Å². The quantitative estimate of drug-likeness (QED) is 0.878. The minimum Gasteiger partial charge on any atom is -0.455 e. The Hall–Kier alpha value is -1.58. The second kappa shape index (κ2) is 6.04. The third-order valence-electron chi connectivity index (χ3n) is 2.78. The Morgan fingerprint density at radius 1 is 1.21 bits per heavy atom. The molecule has 2 aromatic rings. The zero-order chi connectivity index (χ0) is 13.8. The molecule has 2 rings (SSSR count). The fourth-order valence-electron chi connectivity index (χ4n) is 1.75. The van der Waals surface area contributed by atoms with E-state index in [0.29, 0.717) is 23.5 Å². The van der Waals surface area contributed by atoms with Gasteiger partial charge in [-0.05, 0) is 30.7 Å². The Bertz CT molecular complexity index is 572. The first-order chi connectivity index (χ1) is 9.11.